The summed E-state index contributed by atoms with van der Waals surface area (Å²) in [6, 6.07) is 0. The van der Waals surface area contributed by atoms with Gasteiger partial charge in [0.25, 0.3) is 0 Å². The number of hydrogen-bond acceptors (Lipinski definition) is 2. The van der Waals surface area contributed by atoms with Crippen molar-refractivity contribution in [2.24, 2.45) is 52.3 Å². The van der Waals surface area contributed by atoms with Gasteiger partial charge < -0.3 is 0 Å². The largest absolute Gasteiger partial charge is 0.300 e. The lowest BCUT2D eigenvalue weighted by molar-refractivity contribution is -0.127. The first-order valence-electron chi connectivity index (χ1n) is 10.9. The molecule has 0 N–H and O–H groups in total. The molecule has 0 saturated heterocycles. The zero-order valence-electron chi connectivity index (χ0n) is 16.2. The van der Waals surface area contributed by atoms with Gasteiger partial charge in [-0.05, 0) is 98.2 Å². The van der Waals surface area contributed by atoms with Crippen LogP contribution in [0, 0.1) is 52.3 Å². The summed E-state index contributed by atoms with van der Waals surface area (Å²) in [6.07, 6.45) is 10.4. The molecule has 0 heterocycles. The fourth-order valence-electron chi connectivity index (χ4n) is 9.17. The quantitative estimate of drug-likeness (QED) is 0.668. The van der Waals surface area contributed by atoms with Crippen LogP contribution in [0.2, 0.25) is 0 Å². The third-order valence-corrected chi connectivity index (χ3v) is 9.91. The first-order chi connectivity index (χ1) is 11.9. The molecular formula is C23H34O2. The van der Waals surface area contributed by atoms with Crippen LogP contribution in [0.25, 0.3) is 0 Å². The van der Waals surface area contributed by atoms with Gasteiger partial charge in [0, 0.05) is 18.8 Å². The van der Waals surface area contributed by atoms with E-state index in [9.17, 15) is 9.59 Å². The summed E-state index contributed by atoms with van der Waals surface area (Å²) in [5.41, 5.74) is 0.828. The number of carbonyl (C=O) groups is 2. The van der Waals surface area contributed by atoms with Crippen LogP contribution < -0.4 is 0 Å². The molecule has 0 amide bonds. The molecule has 2 bridgehead atoms. The van der Waals surface area contributed by atoms with E-state index in [-0.39, 0.29) is 5.41 Å². The molecule has 25 heavy (non-hydrogen) atoms. The number of ketones is 2. The zero-order valence-corrected chi connectivity index (χ0v) is 16.2. The molecule has 5 rings (SSSR count). The highest BCUT2D eigenvalue weighted by atomic mass is 16.1. The average Bonchev–Trinajstić information content (AvgIpc) is 2.99. The van der Waals surface area contributed by atoms with Gasteiger partial charge in [-0.3, -0.25) is 9.59 Å². The van der Waals surface area contributed by atoms with E-state index in [2.05, 4.69) is 13.8 Å². The Morgan fingerprint density at radius 1 is 1.00 bits per heavy atom. The highest BCUT2D eigenvalue weighted by Gasteiger charge is 2.76. The molecule has 0 aliphatic heterocycles. The molecule has 0 radical (unpaired) electrons. The summed E-state index contributed by atoms with van der Waals surface area (Å²) < 4.78 is 0. The second-order valence-electron chi connectivity index (χ2n) is 10.8. The van der Waals surface area contributed by atoms with Crippen molar-refractivity contribution in [2.45, 2.75) is 78.6 Å². The molecule has 0 aromatic carbocycles. The fraction of sp³-hybridized carbons (Fsp3) is 0.913. The van der Waals surface area contributed by atoms with Crippen LogP contribution in [0.1, 0.15) is 78.6 Å². The monoisotopic (exact) mass is 342 g/mol. The van der Waals surface area contributed by atoms with Gasteiger partial charge >= 0.3 is 0 Å². The third kappa shape index (κ3) is 2.03. The van der Waals surface area contributed by atoms with Gasteiger partial charge in [-0.15, -0.1) is 0 Å². The van der Waals surface area contributed by atoms with Gasteiger partial charge in [0.15, 0.2) is 0 Å². The van der Waals surface area contributed by atoms with Gasteiger partial charge in [0.1, 0.15) is 11.6 Å². The topological polar surface area (TPSA) is 34.1 Å². The van der Waals surface area contributed by atoms with Crippen LogP contribution >= 0.6 is 0 Å². The maximum atomic E-state index is 12.4. The maximum Gasteiger partial charge on any atom is 0.133 e. The van der Waals surface area contributed by atoms with Crippen molar-refractivity contribution in [3.63, 3.8) is 0 Å². The normalized spacial score (nSPS) is 56.9. The van der Waals surface area contributed by atoms with Crippen LogP contribution in [0.5, 0.6) is 0 Å². The van der Waals surface area contributed by atoms with E-state index in [1.807, 2.05) is 6.92 Å². The van der Waals surface area contributed by atoms with E-state index in [1.54, 1.807) is 0 Å². The summed E-state index contributed by atoms with van der Waals surface area (Å²) in [7, 11) is 0. The van der Waals surface area contributed by atoms with Crippen LogP contribution in [-0.4, -0.2) is 11.6 Å². The van der Waals surface area contributed by atoms with E-state index in [0.717, 1.165) is 49.4 Å². The Morgan fingerprint density at radius 3 is 2.52 bits per heavy atom. The Bertz CT molecular complexity index is 624. The zero-order chi connectivity index (χ0) is 17.6. The average molecular weight is 343 g/mol. The lowest BCUT2D eigenvalue weighted by atomic mass is 9.53. The molecule has 5 fully saturated rings. The fourth-order valence-corrected chi connectivity index (χ4v) is 9.17. The molecular weight excluding hydrogens is 308 g/mol. The van der Waals surface area contributed by atoms with Gasteiger partial charge in [-0.25, -0.2) is 0 Å². The molecule has 0 aromatic heterocycles. The van der Waals surface area contributed by atoms with E-state index >= 15 is 0 Å². The number of Topliss-reactive ketones (excluding diaryl/α,β-unsaturated/α-hetero) is 2. The first-order valence-corrected chi connectivity index (χ1v) is 10.9. The SMILES string of the molecule is CC(=O)C1CCC2C3CCC4CC(=O)CCC(C)C5C(CC12C)C35C4. The van der Waals surface area contributed by atoms with Crippen molar-refractivity contribution >= 4 is 11.6 Å². The molecule has 2 nitrogen and oxygen atoms in total. The van der Waals surface area contributed by atoms with Crippen molar-refractivity contribution in [1.29, 1.82) is 0 Å². The molecule has 5 aliphatic carbocycles. The van der Waals surface area contributed by atoms with Crippen LogP contribution in [0.15, 0.2) is 0 Å². The van der Waals surface area contributed by atoms with Crippen LogP contribution in [0.4, 0.5) is 0 Å². The number of carbonyl (C=O) groups excluding carboxylic acids is 2. The first kappa shape index (κ1) is 16.5. The Hall–Kier alpha value is -0.660. The highest BCUT2D eigenvalue weighted by molar-refractivity contribution is 5.80. The summed E-state index contributed by atoms with van der Waals surface area (Å²) in [4.78, 5) is 24.7. The summed E-state index contributed by atoms with van der Waals surface area (Å²) >= 11 is 0. The Balaban J connectivity index is 1.53. The summed E-state index contributed by atoms with van der Waals surface area (Å²) in [5.74, 6) is 5.98. The van der Waals surface area contributed by atoms with Crippen molar-refractivity contribution in [3.8, 4) is 0 Å². The second kappa shape index (κ2) is 5.20. The van der Waals surface area contributed by atoms with Gasteiger partial charge in [-0.2, -0.15) is 0 Å². The van der Waals surface area contributed by atoms with Gasteiger partial charge in [0.2, 0.25) is 0 Å². The smallest absolute Gasteiger partial charge is 0.133 e. The molecule has 5 saturated carbocycles. The number of hydrogen-bond donors (Lipinski definition) is 0. The Labute approximate surface area is 152 Å². The number of fused-ring (bicyclic) bond motifs is 4. The maximum absolute atomic E-state index is 12.4. The summed E-state index contributed by atoms with van der Waals surface area (Å²) in [5, 5.41) is 0. The predicted molar refractivity (Wildman–Crippen MR) is 97.9 cm³/mol. The van der Waals surface area contributed by atoms with Crippen molar-refractivity contribution in [3.05, 3.63) is 0 Å². The standard InChI is InChI=1S/C23H34O2/c1-13-4-6-16(25)10-15-5-7-19-18-9-8-17(14(2)24)22(18,3)12-20-21(13)23(19,20)11-15/h13,15,17-21H,4-12H2,1-3H3. The third-order valence-electron chi connectivity index (χ3n) is 9.91. The van der Waals surface area contributed by atoms with E-state index in [1.165, 1.54) is 32.1 Å². The minimum Gasteiger partial charge on any atom is -0.300 e. The van der Waals surface area contributed by atoms with Crippen LogP contribution in [-0.2, 0) is 9.59 Å². The molecule has 9 atom stereocenters. The minimum atomic E-state index is 0.270. The molecule has 9 unspecified atom stereocenters. The van der Waals surface area contributed by atoms with Gasteiger partial charge in [-0.1, -0.05) is 13.8 Å². The van der Waals surface area contributed by atoms with E-state index < -0.39 is 0 Å². The summed E-state index contributed by atoms with van der Waals surface area (Å²) in [6.45, 7) is 6.74. The number of rotatable bonds is 1. The molecule has 1 spiro atoms. The van der Waals surface area contributed by atoms with Crippen molar-refractivity contribution in [1.82, 2.24) is 0 Å². The molecule has 2 heteroatoms. The van der Waals surface area contributed by atoms with Gasteiger partial charge in [0.05, 0.1) is 0 Å². The van der Waals surface area contributed by atoms with E-state index in [4.69, 9.17) is 0 Å². The predicted octanol–water partition coefficient (Wildman–Crippen LogP) is 5.05. The molecule has 0 aromatic rings. The lowest BCUT2D eigenvalue weighted by Gasteiger charge is -2.51. The highest BCUT2D eigenvalue weighted by Crippen LogP contribution is 2.82. The van der Waals surface area contributed by atoms with Crippen molar-refractivity contribution in [2.75, 3.05) is 0 Å². The Kier molecular flexibility index (Phi) is 3.43. The minimum absolute atomic E-state index is 0.270. The molecule has 5 aliphatic rings. The van der Waals surface area contributed by atoms with Crippen LogP contribution in [0.3, 0.4) is 0 Å². The van der Waals surface area contributed by atoms with E-state index in [0.29, 0.717) is 34.7 Å². The molecule has 138 valence electrons. The second-order valence-corrected chi connectivity index (χ2v) is 10.8. The lowest BCUT2D eigenvalue weighted by Crippen LogP contribution is -2.46. The Morgan fingerprint density at radius 2 is 1.76 bits per heavy atom. The van der Waals surface area contributed by atoms with Crippen molar-refractivity contribution < 1.29 is 9.59 Å².